The molecule has 0 aliphatic heterocycles. The number of benzene rings is 1. The Morgan fingerprint density at radius 1 is 1.43 bits per heavy atom. The van der Waals surface area contributed by atoms with Crippen LogP contribution in [0, 0.1) is 12.7 Å². The smallest absolute Gasteiger partial charge is 0.163 e. The summed E-state index contributed by atoms with van der Waals surface area (Å²) in [4.78, 5) is 0. The first-order valence-electron chi connectivity index (χ1n) is 4.48. The third-order valence-electron chi connectivity index (χ3n) is 1.80. The van der Waals surface area contributed by atoms with Crippen LogP contribution in [0.2, 0.25) is 0 Å². The summed E-state index contributed by atoms with van der Waals surface area (Å²) in [5.41, 5.74) is 1.33. The molecule has 0 atom stereocenters. The van der Waals surface area contributed by atoms with Crippen molar-refractivity contribution < 1.29 is 4.39 Å². The zero-order valence-corrected chi connectivity index (χ0v) is 9.94. The lowest BCUT2D eigenvalue weighted by Crippen LogP contribution is -1.84. The fraction of sp³-hybridized carbons (Fsp3) is 0.300. The highest BCUT2D eigenvalue weighted by atomic mass is 79.9. The second kappa shape index (κ2) is 4.55. The molecule has 1 aromatic carbocycles. The average Bonchev–Trinajstić information content (AvgIpc) is 2.65. The van der Waals surface area contributed by atoms with Gasteiger partial charge in [0.2, 0.25) is 0 Å². The van der Waals surface area contributed by atoms with Crippen LogP contribution in [0.1, 0.15) is 19.4 Å². The minimum Gasteiger partial charge on any atom is -0.275 e. The van der Waals surface area contributed by atoms with Crippen LogP contribution in [-0.4, -0.2) is 10.2 Å². The minimum atomic E-state index is -0.275. The predicted octanol–water partition coefficient (Wildman–Crippen LogP) is 3.80. The predicted molar refractivity (Wildman–Crippen MR) is 59.8 cm³/mol. The van der Waals surface area contributed by atoms with Crippen molar-refractivity contribution in [3.63, 3.8) is 0 Å². The standard InChI is InChI=1S/C8H6BrFN2.C2H6/c1-4-2-5-3-11-12-8(5)7(10)6(4)9;1-2/h2-3H,1H3,(H,11,12);1-2H3. The zero-order valence-electron chi connectivity index (χ0n) is 8.36. The molecule has 0 saturated carbocycles. The maximum Gasteiger partial charge on any atom is 0.163 e. The van der Waals surface area contributed by atoms with E-state index in [0.717, 1.165) is 10.9 Å². The molecule has 0 fully saturated rings. The summed E-state index contributed by atoms with van der Waals surface area (Å²) in [6, 6.07) is 1.88. The van der Waals surface area contributed by atoms with Crippen LogP contribution < -0.4 is 0 Å². The van der Waals surface area contributed by atoms with Crippen LogP contribution in [0.5, 0.6) is 0 Å². The third kappa shape index (κ3) is 1.80. The second-order valence-corrected chi connectivity index (χ2v) is 3.45. The number of hydrogen-bond donors (Lipinski definition) is 1. The van der Waals surface area contributed by atoms with Gasteiger partial charge in [0.15, 0.2) is 5.82 Å². The topological polar surface area (TPSA) is 28.7 Å². The molecule has 2 rings (SSSR count). The lowest BCUT2D eigenvalue weighted by Gasteiger charge is -1.99. The fourth-order valence-corrected chi connectivity index (χ4v) is 1.47. The summed E-state index contributed by atoms with van der Waals surface area (Å²) in [5, 5.41) is 7.16. The number of aryl methyl sites for hydroxylation is 1. The number of rotatable bonds is 0. The first-order chi connectivity index (χ1) is 6.70. The highest BCUT2D eigenvalue weighted by molar-refractivity contribution is 9.10. The molecule has 14 heavy (non-hydrogen) atoms. The van der Waals surface area contributed by atoms with Crippen molar-refractivity contribution in [2.45, 2.75) is 20.8 Å². The molecule has 0 amide bonds. The van der Waals surface area contributed by atoms with Gasteiger partial charge in [0.25, 0.3) is 0 Å². The molecule has 0 spiro atoms. The summed E-state index contributed by atoms with van der Waals surface area (Å²) in [6.45, 7) is 5.85. The molecule has 2 aromatic rings. The van der Waals surface area contributed by atoms with Crippen LogP contribution in [0.25, 0.3) is 10.9 Å². The monoisotopic (exact) mass is 258 g/mol. The summed E-state index contributed by atoms with van der Waals surface area (Å²) in [5.74, 6) is -0.275. The van der Waals surface area contributed by atoms with Crippen LogP contribution in [-0.2, 0) is 0 Å². The Kier molecular flexibility index (Phi) is 3.63. The quantitative estimate of drug-likeness (QED) is 0.765. The van der Waals surface area contributed by atoms with Gasteiger partial charge in [-0.15, -0.1) is 0 Å². The lowest BCUT2D eigenvalue weighted by molar-refractivity contribution is 0.628. The minimum absolute atomic E-state index is 0.275. The normalized spacial score (nSPS) is 9.79. The molecule has 1 N–H and O–H groups in total. The zero-order chi connectivity index (χ0) is 10.7. The van der Waals surface area contributed by atoms with E-state index in [1.54, 1.807) is 6.20 Å². The summed E-state index contributed by atoms with van der Waals surface area (Å²) < 4.78 is 13.9. The van der Waals surface area contributed by atoms with Crippen LogP contribution in [0.4, 0.5) is 4.39 Å². The Bertz CT molecular complexity index is 437. The van der Waals surface area contributed by atoms with Crippen LogP contribution in [0.15, 0.2) is 16.7 Å². The molecule has 4 heteroatoms. The Balaban J connectivity index is 0.000000461. The van der Waals surface area contributed by atoms with E-state index < -0.39 is 0 Å². The van der Waals surface area contributed by atoms with Crippen molar-refractivity contribution in [1.82, 2.24) is 10.2 Å². The largest absolute Gasteiger partial charge is 0.275 e. The van der Waals surface area contributed by atoms with Gasteiger partial charge in [0.1, 0.15) is 5.52 Å². The number of H-pyrrole nitrogens is 1. The van der Waals surface area contributed by atoms with Gasteiger partial charge in [-0.2, -0.15) is 5.10 Å². The highest BCUT2D eigenvalue weighted by Crippen LogP contribution is 2.26. The Labute approximate surface area is 90.6 Å². The van der Waals surface area contributed by atoms with E-state index in [1.165, 1.54) is 0 Å². The average molecular weight is 259 g/mol. The fourth-order valence-electron chi connectivity index (χ4n) is 1.16. The molecule has 0 aliphatic carbocycles. The van der Waals surface area contributed by atoms with Crippen molar-refractivity contribution in [2.24, 2.45) is 0 Å². The maximum absolute atomic E-state index is 13.4. The van der Waals surface area contributed by atoms with Gasteiger partial charge in [-0.3, -0.25) is 5.10 Å². The maximum atomic E-state index is 13.4. The van der Waals surface area contributed by atoms with Gasteiger partial charge in [-0.1, -0.05) is 13.8 Å². The first kappa shape index (κ1) is 11.2. The van der Waals surface area contributed by atoms with Crippen molar-refractivity contribution in [2.75, 3.05) is 0 Å². The molecule has 1 heterocycles. The third-order valence-corrected chi connectivity index (χ3v) is 2.77. The van der Waals surface area contributed by atoms with E-state index in [-0.39, 0.29) is 5.82 Å². The summed E-state index contributed by atoms with van der Waals surface area (Å²) in [7, 11) is 0. The van der Waals surface area contributed by atoms with E-state index in [9.17, 15) is 4.39 Å². The van der Waals surface area contributed by atoms with Crippen molar-refractivity contribution >= 4 is 26.8 Å². The van der Waals surface area contributed by atoms with Crippen molar-refractivity contribution in [3.05, 3.63) is 28.1 Å². The van der Waals surface area contributed by atoms with Gasteiger partial charge in [0.05, 0.1) is 10.7 Å². The Morgan fingerprint density at radius 3 is 2.71 bits per heavy atom. The molecular formula is C10H12BrFN2. The SMILES string of the molecule is CC.Cc1cc2cn[nH]c2c(F)c1Br. The molecule has 1 aromatic heterocycles. The Morgan fingerprint density at radius 2 is 2.07 bits per heavy atom. The number of aromatic amines is 1. The molecule has 0 saturated heterocycles. The second-order valence-electron chi connectivity index (χ2n) is 2.66. The highest BCUT2D eigenvalue weighted by Gasteiger charge is 2.09. The lowest BCUT2D eigenvalue weighted by atomic mass is 10.2. The number of halogens is 2. The number of aromatic nitrogens is 2. The van der Waals surface area contributed by atoms with E-state index in [4.69, 9.17) is 0 Å². The molecule has 0 aliphatic rings. The van der Waals surface area contributed by atoms with Crippen LogP contribution in [0.3, 0.4) is 0 Å². The summed E-state index contributed by atoms with van der Waals surface area (Å²) >= 11 is 3.16. The molecule has 0 bridgehead atoms. The molecule has 0 unspecified atom stereocenters. The Hall–Kier alpha value is -0.900. The van der Waals surface area contributed by atoms with Gasteiger partial charge in [0, 0.05) is 5.39 Å². The number of hydrogen-bond acceptors (Lipinski definition) is 1. The van der Waals surface area contributed by atoms with E-state index in [0.29, 0.717) is 9.99 Å². The first-order valence-corrected chi connectivity index (χ1v) is 5.27. The van der Waals surface area contributed by atoms with Gasteiger partial charge >= 0.3 is 0 Å². The van der Waals surface area contributed by atoms with E-state index >= 15 is 0 Å². The summed E-state index contributed by atoms with van der Waals surface area (Å²) in [6.07, 6.45) is 1.61. The molecular weight excluding hydrogens is 247 g/mol. The van der Waals surface area contributed by atoms with Gasteiger partial charge in [-0.05, 0) is 34.5 Å². The van der Waals surface area contributed by atoms with Gasteiger partial charge in [-0.25, -0.2) is 4.39 Å². The molecule has 2 nitrogen and oxygen atoms in total. The van der Waals surface area contributed by atoms with E-state index in [1.807, 2.05) is 26.8 Å². The number of nitrogens with zero attached hydrogens (tertiary/aromatic N) is 1. The molecule has 0 radical (unpaired) electrons. The van der Waals surface area contributed by atoms with Crippen molar-refractivity contribution in [3.8, 4) is 0 Å². The van der Waals surface area contributed by atoms with Gasteiger partial charge < -0.3 is 0 Å². The number of fused-ring (bicyclic) bond motifs is 1. The van der Waals surface area contributed by atoms with Crippen molar-refractivity contribution in [1.29, 1.82) is 0 Å². The molecule has 76 valence electrons. The van der Waals surface area contributed by atoms with Crippen LogP contribution >= 0.6 is 15.9 Å². The van der Waals surface area contributed by atoms with E-state index in [2.05, 4.69) is 26.1 Å². The number of nitrogens with one attached hydrogen (secondary N) is 1.